The standard InChI is InChI=1S/C15H23FN2/c1-11(2)8-18-9-13(7-15(17)10-18)12-3-5-14(16)6-4-12/h3-6,11,13,15H,7-10,17H2,1-2H3. The Morgan fingerprint density at radius 3 is 2.56 bits per heavy atom. The summed E-state index contributed by atoms with van der Waals surface area (Å²) in [7, 11) is 0. The second kappa shape index (κ2) is 5.81. The molecule has 0 bridgehead atoms. The highest BCUT2D eigenvalue weighted by Crippen LogP contribution is 2.27. The molecule has 1 saturated heterocycles. The zero-order valence-electron chi connectivity index (χ0n) is 11.3. The number of nitrogens with two attached hydrogens (primary N) is 1. The molecule has 100 valence electrons. The molecule has 3 heteroatoms. The number of benzene rings is 1. The minimum atomic E-state index is -0.169. The van der Waals surface area contributed by atoms with Crippen LogP contribution in [0.3, 0.4) is 0 Å². The van der Waals surface area contributed by atoms with Gasteiger partial charge in [-0.3, -0.25) is 0 Å². The lowest BCUT2D eigenvalue weighted by atomic mass is 9.88. The van der Waals surface area contributed by atoms with Crippen LogP contribution in [0.2, 0.25) is 0 Å². The molecule has 1 fully saturated rings. The molecule has 1 aliphatic rings. The topological polar surface area (TPSA) is 29.3 Å². The van der Waals surface area contributed by atoms with Gasteiger partial charge in [0, 0.05) is 25.7 Å². The number of hydrogen-bond acceptors (Lipinski definition) is 2. The molecule has 18 heavy (non-hydrogen) atoms. The van der Waals surface area contributed by atoms with Gasteiger partial charge in [0.2, 0.25) is 0 Å². The van der Waals surface area contributed by atoms with E-state index in [-0.39, 0.29) is 11.9 Å². The fraction of sp³-hybridized carbons (Fsp3) is 0.600. The smallest absolute Gasteiger partial charge is 0.123 e. The van der Waals surface area contributed by atoms with E-state index < -0.39 is 0 Å². The summed E-state index contributed by atoms with van der Waals surface area (Å²) in [4.78, 5) is 2.44. The highest BCUT2D eigenvalue weighted by molar-refractivity contribution is 5.22. The molecule has 0 aromatic heterocycles. The second-order valence-corrected chi connectivity index (χ2v) is 5.86. The molecule has 2 rings (SSSR count). The van der Waals surface area contributed by atoms with Gasteiger partial charge in [-0.2, -0.15) is 0 Å². The van der Waals surface area contributed by atoms with E-state index in [0.717, 1.165) is 26.1 Å². The predicted octanol–water partition coefficient (Wildman–Crippen LogP) is 2.60. The molecule has 2 N–H and O–H groups in total. The summed E-state index contributed by atoms with van der Waals surface area (Å²) >= 11 is 0. The first-order valence-corrected chi connectivity index (χ1v) is 6.78. The number of rotatable bonds is 3. The van der Waals surface area contributed by atoms with Crippen LogP contribution in [0, 0.1) is 11.7 Å². The average molecular weight is 250 g/mol. The van der Waals surface area contributed by atoms with Gasteiger partial charge in [-0.25, -0.2) is 4.39 Å². The Kier molecular flexibility index (Phi) is 4.36. The molecule has 1 aromatic carbocycles. The lowest BCUT2D eigenvalue weighted by Gasteiger charge is -2.37. The van der Waals surface area contributed by atoms with Gasteiger partial charge in [0.05, 0.1) is 0 Å². The fourth-order valence-corrected chi connectivity index (χ4v) is 2.87. The van der Waals surface area contributed by atoms with E-state index in [1.807, 2.05) is 12.1 Å². The van der Waals surface area contributed by atoms with E-state index in [1.165, 1.54) is 5.56 Å². The van der Waals surface area contributed by atoms with Gasteiger partial charge < -0.3 is 10.6 Å². The maximum atomic E-state index is 12.9. The molecule has 0 saturated carbocycles. The summed E-state index contributed by atoms with van der Waals surface area (Å²) in [6.07, 6.45) is 1.00. The van der Waals surface area contributed by atoms with Crippen molar-refractivity contribution in [1.82, 2.24) is 4.90 Å². The second-order valence-electron chi connectivity index (χ2n) is 5.86. The molecule has 2 atom stereocenters. The third-order valence-electron chi connectivity index (χ3n) is 3.52. The van der Waals surface area contributed by atoms with Crippen LogP contribution in [0.25, 0.3) is 0 Å². The molecule has 2 nitrogen and oxygen atoms in total. The average Bonchev–Trinajstić information content (AvgIpc) is 2.28. The SMILES string of the molecule is CC(C)CN1CC(N)CC(c2ccc(F)cc2)C1. The summed E-state index contributed by atoms with van der Waals surface area (Å²) in [6, 6.07) is 7.11. The van der Waals surface area contributed by atoms with Crippen molar-refractivity contribution in [3.05, 3.63) is 35.6 Å². The van der Waals surface area contributed by atoms with Crippen molar-refractivity contribution in [3.63, 3.8) is 0 Å². The van der Waals surface area contributed by atoms with Crippen LogP contribution in [0.1, 0.15) is 31.7 Å². The normalized spacial score (nSPS) is 25.6. The molecule has 0 amide bonds. The highest BCUT2D eigenvalue weighted by Gasteiger charge is 2.26. The van der Waals surface area contributed by atoms with Gasteiger partial charge in [-0.15, -0.1) is 0 Å². The van der Waals surface area contributed by atoms with Gasteiger partial charge in [0.1, 0.15) is 5.82 Å². The van der Waals surface area contributed by atoms with E-state index in [0.29, 0.717) is 11.8 Å². The maximum absolute atomic E-state index is 12.9. The van der Waals surface area contributed by atoms with Crippen LogP contribution in [-0.2, 0) is 0 Å². The summed E-state index contributed by atoms with van der Waals surface area (Å²) in [6.45, 7) is 7.57. The van der Waals surface area contributed by atoms with E-state index in [4.69, 9.17) is 5.73 Å². The number of nitrogens with zero attached hydrogens (tertiary/aromatic N) is 1. The van der Waals surface area contributed by atoms with Crippen molar-refractivity contribution < 1.29 is 4.39 Å². The molecular formula is C15H23FN2. The van der Waals surface area contributed by atoms with Gasteiger partial charge in [0.15, 0.2) is 0 Å². The number of piperidine rings is 1. The van der Waals surface area contributed by atoms with Crippen molar-refractivity contribution >= 4 is 0 Å². The minimum absolute atomic E-state index is 0.169. The van der Waals surface area contributed by atoms with Crippen molar-refractivity contribution in [2.24, 2.45) is 11.7 Å². The summed E-state index contributed by atoms with van der Waals surface area (Å²) in [5, 5.41) is 0. The summed E-state index contributed by atoms with van der Waals surface area (Å²) in [5.41, 5.74) is 7.35. The van der Waals surface area contributed by atoms with Crippen molar-refractivity contribution in [3.8, 4) is 0 Å². The first-order chi connectivity index (χ1) is 8.54. The number of hydrogen-bond donors (Lipinski definition) is 1. The lowest BCUT2D eigenvalue weighted by Crippen LogP contribution is -2.47. The van der Waals surface area contributed by atoms with E-state index in [2.05, 4.69) is 18.7 Å². The molecule has 0 radical (unpaired) electrons. The summed E-state index contributed by atoms with van der Waals surface area (Å²) < 4.78 is 12.9. The Morgan fingerprint density at radius 2 is 1.94 bits per heavy atom. The number of halogens is 1. The lowest BCUT2D eigenvalue weighted by molar-refractivity contribution is 0.171. The third-order valence-corrected chi connectivity index (χ3v) is 3.52. The molecular weight excluding hydrogens is 227 g/mol. The van der Waals surface area contributed by atoms with Gasteiger partial charge in [0.25, 0.3) is 0 Å². The minimum Gasteiger partial charge on any atom is -0.327 e. The molecule has 1 aliphatic heterocycles. The molecule has 0 aliphatic carbocycles. The molecule has 1 aromatic rings. The Bertz CT molecular complexity index is 373. The first kappa shape index (κ1) is 13.5. The van der Waals surface area contributed by atoms with Crippen molar-refractivity contribution in [2.75, 3.05) is 19.6 Å². The van der Waals surface area contributed by atoms with Crippen LogP contribution in [0.4, 0.5) is 4.39 Å². The maximum Gasteiger partial charge on any atom is 0.123 e. The Balaban J connectivity index is 2.06. The van der Waals surface area contributed by atoms with Crippen LogP contribution in [-0.4, -0.2) is 30.6 Å². The molecule has 0 spiro atoms. The highest BCUT2D eigenvalue weighted by atomic mass is 19.1. The quantitative estimate of drug-likeness (QED) is 0.893. The first-order valence-electron chi connectivity index (χ1n) is 6.78. The van der Waals surface area contributed by atoms with Gasteiger partial charge in [-0.1, -0.05) is 26.0 Å². The van der Waals surface area contributed by atoms with Gasteiger partial charge in [-0.05, 0) is 36.0 Å². The van der Waals surface area contributed by atoms with Crippen molar-refractivity contribution in [1.29, 1.82) is 0 Å². The van der Waals surface area contributed by atoms with E-state index in [9.17, 15) is 4.39 Å². The number of likely N-dealkylation sites (tertiary alicyclic amines) is 1. The van der Waals surface area contributed by atoms with Gasteiger partial charge >= 0.3 is 0 Å². The van der Waals surface area contributed by atoms with Crippen molar-refractivity contribution in [2.45, 2.75) is 32.2 Å². The Morgan fingerprint density at radius 1 is 1.28 bits per heavy atom. The third kappa shape index (κ3) is 3.53. The fourth-order valence-electron chi connectivity index (χ4n) is 2.87. The largest absolute Gasteiger partial charge is 0.327 e. The zero-order valence-corrected chi connectivity index (χ0v) is 11.3. The van der Waals surface area contributed by atoms with Crippen LogP contribution in [0.15, 0.2) is 24.3 Å². The van der Waals surface area contributed by atoms with Crippen LogP contribution >= 0.6 is 0 Å². The Labute approximate surface area is 109 Å². The molecule has 2 unspecified atom stereocenters. The van der Waals surface area contributed by atoms with Crippen LogP contribution < -0.4 is 5.73 Å². The monoisotopic (exact) mass is 250 g/mol. The Hall–Kier alpha value is -0.930. The van der Waals surface area contributed by atoms with E-state index >= 15 is 0 Å². The predicted molar refractivity (Wildman–Crippen MR) is 73.0 cm³/mol. The summed E-state index contributed by atoms with van der Waals surface area (Å²) in [5.74, 6) is 0.926. The van der Waals surface area contributed by atoms with Crippen LogP contribution in [0.5, 0.6) is 0 Å². The molecule has 1 heterocycles. The van der Waals surface area contributed by atoms with E-state index in [1.54, 1.807) is 12.1 Å². The zero-order chi connectivity index (χ0) is 13.1.